The Morgan fingerprint density at radius 2 is 0.952 bits per heavy atom. The van der Waals surface area contributed by atoms with E-state index in [0.717, 1.165) is 13.0 Å². The van der Waals surface area contributed by atoms with Gasteiger partial charge < -0.3 is 57.4 Å². The molecule has 2 aromatic rings. The van der Waals surface area contributed by atoms with Gasteiger partial charge in [-0.25, -0.2) is 14.4 Å². The lowest BCUT2D eigenvalue weighted by atomic mass is 10.2. The molecule has 0 unspecified atom stereocenters. The number of nitrogens with zero attached hydrogens (tertiary/aromatic N) is 2. The van der Waals surface area contributed by atoms with Crippen molar-refractivity contribution >= 4 is 47.3 Å². The summed E-state index contributed by atoms with van der Waals surface area (Å²) >= 11 is 5.43. The van der Waals surface area contributed by atoms with Gasteiger partial charge in [-0.05, 0) is 37.1 Å². The molecular weight excluding hydrogens is 862 g/mol. The molecule has 0 atom stereocenters. The standard InChI is InChI=1S/C25H40N2O11.C15H18ClNO8/c1-2-3-4-5-6-12-32-14-15-33-13-11-26-24(28)36-20-18-34-16-17-35-19-21-37-25(29)38-23-9-7-22(8-10-23)27(30)31;16-7-9-22-8-1-2-14(18)23-10-11-24-15(19)25-13-5-3-12(4-6-13)17(20)21/h7-10H,2-6,11-21H2,1H3,(H,26,28);3-6H,1-2,7-11H2. The van der Waals surface area contributed by atoms with Gasteiger partial charge in [-0.15, -0.1) is 11.6 Å². The highest BCUT2D eigenvalue weighted by atomic mass is 35.5. The number of carbonyl (C=O) groups excluding carboxylic acids is 4. The van der Waals surface area contributed by atoms with Crippen molar-refractivity contribution in [2.24, 2.45) is 0 Å². The number of nitro groups is 2. The minimum atomic E-state index is -1.00. The van der Waals surface area contributed by atoms with Crippen molar-refractivity contribution in [3.05, 3.63) is 68.8 Å². The predicted molar refractivity (Wildman–Crippen MR) is 223 cm³/mol. The summed E-state index contributed by atoms with van der Waals surface area (Å²) in [6, 6.07) is 9.96. The summed E-state index contributed by atoms with van der Waals surface area (Å²) in [5.41, 5.74) is -0.238. The highest BCUT2D eigenvalue weighted by Gasteiger charge is 2.11. The number of unbranched alkanes of at least 4 members (excludes halogenated alkanes) is 4. The van der Waals surface area contributed by atoms with Crippen LogP contribution in [0.4, 0.5) is 25.8 Å². The maximum atomic E-state index is 11.6. The second-order valence-corrected chi connectivity index (χ2v) is 12.8. The molecule has 63 heavy (non-hydrogen) atoms. The van der Waals surface area contributed by atoms with E-state index in [1.165, 1.54) is 74.2 Å². The van der Waals surface area contributed by atoms with Crippen LogP contribution in [0.3, 0.4) is 0 Å². The third-order valence-electron chi connectivity index (χ3n) is 7.52. The molecule has 0 saturated heterocycles. The zero-order valence-corrected chi connectivity index (χ0v) is 36.2. The maximum absolute atomic E-state index is 11.6. The van der Waals surface area contributed by atoms with E-state index >= 15 is 0 Å². The topological polar surface area (TPSA) is 268 Å². The van der Waals surface area contributed by atoms with Gasteiger partial charge in [-0.2, -0.15) is 0 Å². The van der Waals surface area contributed by atoms with E-state index in [4.69, 9.17) is 63.7 Å². The third kappa shape index (κ3) is 32.9. The van der Waals surface area contributed by atoms with E-state index in [1.54, 1.807) is 0 Å². The fraction of sp³-hybridized carbons (Fsp3) is 0.600. The summed E-state index contributed by atoms with van der Waals surface area (Å²) in [5.74, 6) is 0.201. The number of non-ortho nitro benzene ring substituents is 2. The third-order valence-corrected chi connectivity index (χ3v) is 7.67. The molecule has 0 aliphatic rings. The van der Waals surface area contributed by atoms with Crippen molar-refractivity contribution in [1.82, 2.24) is 5.32 Å². The molecule has 0 spiro atoms. The lowest BCUT2D eigenvalue weighted by molar-refractivity contribution is -0.385. The van der Waals surface area contributed by atoms with Crippen LogP contribution < -0.4 is 14.8 Å². The number of ether oxygens (including phenoxy) is 11. The Morgan fingerprint density at radius 3 is 1.48 bits per heavy atom. The van der Waals surface area contributed by atoms with Gasteiger partial charge in [0.25, 0.3) is 11.4 Å². The summed E-state index contributed by atoms with van der Waals surface area (Å²) in [6.45, 7) is 6.20. The summed E-state index contributed by atoms with van der Waals surface area (Å²) in [5, 5.41) is 23.7. The number of benzene rings is 2. The Hall–Kier alpha value is -5.39. The summed E-state index contributed by atoms with van der Waals surface area (Å²) in [6.07, 6.45) is 4.25. The number of hydrogen-bond acceptors (Lipinski definition) is 19. The van der Waals surface area contributed by atoms with E-state index in [-0.39, 0.29) is 82.1 Å². The Labute approximate surface area is 370 Å². The smallest absolute Gasteiger partial charge is 0.462 e. The van der Waals surface area contributed by atoms with E-state index in [1.807, 2.05) is 0 Å². The number of carbonyl (C=O) groups is 4. The first-order chi connectivity index (χ1) is 30.5. The molecule has 0 saturated carbocycles. The largest absolute Gasteiger partial charge is 0.513 e. The van der Waals surface area contributed by atoms with Crippen LogP contribution >= 0.6 is 11.6 Å². The van der Waals surface area contributed by atoms with E-state index in [2.05, 4.69) is 12.2 Å². The van der Waals surface area contributed by atoms with Crippen molar-refractivity contribution in [3.8, 4) is 11.5 Å². The van der Waals surface area contributed by atoms with Crippen LogP contribution in [0.15, 0.2) is 48.5 Å². The molecule has 0 aliphatic heterocycles. The van der Waals surface area contributed by atoms with Crippen molar-refractivity contribution < 1.29 is 81.1 Å². The van der Waals surface area contributed by atoms with Crippen LogP contribution in [0.25, 0.3) is 0 Å². The predicted octanol–water partition coefficient (Wildman–Crippen LogP) is 6.56. The number of nitrogens with one attached hydrogen (secondary N) is 1. The molecular formula is C40H58ClN3O19. The first-order valence-corrected chi connectivity index (χ1v) is 20.8. The number of hydrogen-bond donors (Lipinski definition) is 1. The monoisotopic (exact) mass is 919 g/mol. The minimum Gasteiger partial charge on any atom is -0.462 e. The SMILES string of the molecule is CCCCCCCOCCOCCNC(=O)OCCOCCOCCOC(=O)Oc1ccc([N+](=O)[O-])cc1.O=C(CCCOCCCl)OCCOC(=O)Oc1ccc([N+](=O)[O-])cc1. The Bertz CT molecular complexity index is 1550. The number of alkyl halides is 1. The van der Waals surface area contributed by atoms with Crippen LogP contribution in [0, 0.1) is 20.2 Å². The summed E-state index contributed by atoms with van der Waals surface area (Å²) in [4.78, 5) is 65.9. The average molecular weight is 920 g/mol. The molecule has 2 rings (SSSR count). The molecule has 1 amide bonds. The molecule has 0 aliphatic carbocycles. The van der Waals surface area contributed by atoms with E-state index in [0.29, 0.717) is 51.9 Å². The van der Waals surface area contributed by atoms with E-state index in [9.17, 15) is 39.4 Å². The van der Waals surface area contributed by atoms with Gasteiger partial charge in [-0.1, -0.05) is 32.6 Å². The fourth-order valence-corrected chi connectivity index (χ4v) is 4.57. The van der Waals surface area contributed by atoms with Crippen molar-refractivity contribution in [3.63, 3.8) is 0 Å². The number of amides is 1. The number of esters is 1. The minimum absolute atomic E-state index is 0.0367. The van der Waals surface area contributed by atoms with Crippen molar-refractivity contribution in [1.29, 1.82) is 0 Å². The Balaban J connectivity index is 0.000000686. The highest BCUT2D eigenvalue weighted by Crippen LogP contribution is 2.18. The zero-order chi connectivity index (χ0) is 46.2. The molecule has 2 aromatic carbocycles. The van der Waals surface area contributed by atoms with Gasteiger partial charge in [0.15, 0.2) is 0 Å². The first kappa shape index (κ1) is 55.6. The Morgan fingerprint density at radius 1 is 0.524 bits per heavy atom. The molecule has 0 fully saturated rings. The summed E-state index contributed by atoms with van der Waals surface area (Å²) < 4.78 is 55.6. The molecule has 23 heteroatoms. The molecule has 0 bridgehead atoms. The van der Waals surface area contributed by atoms with Gasteiger partial charge >= 0.3 is 24.4 Å². The van der Waals surface area contributed by atoms with Crippen LogP contribution in [0.2, 0.25) is 0 Å². The maximum Gasteiger partial charge on any atom is 0.513 e. The molecule has 0 heterocycles. The van der Waals surface area contributed by atoms with Gasteiger partial charge in [0, 0.05) is 56.3 Å². The second-order valence-electron chi connectivity index (χ2n) is 12.5. The zero-order valence-electron chi connectivity index (χ0n) is 35.4. The van der Waals surface area contributed by atoms with Crippen LogP contribution in [-0.4, -0.2) is 139 Å². The first-order valence-electron chi connectivity index (χ1n) is 20.2. The van der Waals surface area contributed by atoms with Crippen LogP contribution in [0.1, 0.15) is 51.9 Å². The second kappa shape index (κ2) is 38.3. The number of nitro benzene ring substituents is 2. The number of halogens is 1. The molecule has 0 aromatic heterocycles. The Kier molecular flexibility index (Phi) is 33.8. The lowest BCUT2D eigenvalue weighted by Crippen LogP contribution is -2.29. The number of rotatable bonds is 34. The van der Waals surface area contributed by atoms with Gasteiger partial charge in [0.05, 0.1) is 62.7 Å². The summed E-state index contributed by atoms with van der Waals surface area (Å²) in [7, 11) is 0. The van der Waals surface area contributed by atoms with Gasteiger partial charge in [0.1, 0.15) is 37.9 Å². The quantitative estimate of drug-likeness (QED) is 0.0148. The molecule has 0 radical (unpaired) electrons. The van der Waals surface area contributed by atoms with Gasteiger partial charge in [0.2, 0.25) is 0 Å². The normalized spacial score (nSPS) is 10.4. The van der Waals surface area contributed by atoms with Crippen molar-refractivity contribution in [2.45, 2.75) is 51.9 Å². The van der Waals surface area contributed by atoms with Crippen molar-refractivity contribution in [2.75, 3.05) is 105 Å². The highest BCUT2D eigenvalue weighted by molar-refractivity contribution is 6.17. The number of alkyl carbamates (subject to hydrolysis) is 1. The molecule has 1 N–H and O–H groups in total. The fourth-order valence-electron chi connectivity index (χ4n) is 4.46. The van der Waals surface area contributed by atoms with Crippen LogP contribution in [-0.2, 0) is 47.4 Å². The van der Waals surface area contributed by atoms with Crippen LogP contribution in [0.5, 0.6) is 11.5 Å². The van der Waals surface area contributed by atoms with Gasteiger partial charge in [-0.3, -0.25) is 25.0 Å². The molecule has 354 valence electrons. The average Bonchev–Trinajstić information content (AvgIpc) is 3.26. The molecule has 22 nitrogen and oxygen atoms in total. The lowest BCUT2D eigenvalue weighted by Gasteiger charge is -2.09. The van der Waals surface area contributed by atoms with E-state index < -0.39 is 34.2 Å².